The van der Waals surface area contributed by atoms with Crippen molar-refractivity contribution >= 4 is 21.7 Å². The first-order chi connectivity index (χ1) is 9.86. The highest BCUT2D eigenvalue weighted by Crippen LogP contribution is 2.34. The second kappa shape index (κ2) is 6.02. The van der Waals surface area contributed by atoms with Crippen LogP contribution in [0.15, 0.2) is 28.7 Å². The van der Waals surface area contributed by atoms with Crippen LogP contribution in [0.25, 0.3) is 11.4 Å². The molecule has 0 bridgehead atoms. The topological polar surface area (TPSA) is 47.0 Å². The highest BCUT2D eigenvalue weighted by atomic mass is 79.9. The molecule has 0 aliphatic heterocycles. The predicted octanol–water partition coefficient (Wildman–Crippen LogP) is 4.25. The van der Waals surface area contributed by atoms with Gasteiger partial charge in [-0.3, -0.25) is 0 Å². The second-order valence-corrected chi connectivity index (χ2v) is 6.58. The number of hydrogen-bond acceptors (Lipinski definition) is 4. The molecule has 2 aromatic rings. The summed E-state index contributed by atoms with van der Waals surface area (Å²) in [4.78, 5) is 9.32. The Kier molecular flexibility index (Phi) is 4.52. The summed E-state index contributed by atoms with van der Waals surface area (Å²) in [6.07, 6.45) is 0. The predicted molar refractivity (Wildman–Crippen MR) is 90.0 cm³/mol. The quantitative estimate of drug-likeness (QED) is 0.899. The maximum absolute atomic E-state index is 5.19. The van der Waals surface area contributed by atoms with Gasteiger partial charge in [0.15, 0.2) is 5.82 Å². The number of halogens is 1. The summed E-state index contributed by atoms with van der Waals surface area (Å²) in [6.45, 7) is 6.41. The van der Waals surface area contributed by atoms with E-state index in [1.807, 2.05) is 31.3 Å². The zero-order chi connectivity index (χ0) is 15.6. The van der Waals surface area contributed by atoms with E-state index >= 15 is 0 Å². The summed E-state index contributed by atoms with van der Waals surface area (Å²) < 4.78 is 6.10. The number of aromatic nitrogens is 2. The minimum Gasteiger partial charge on any atom is -0.497 e. The zero-order valence-corrected chi connectivity index (χ0v) is 14.6. The fourth-order valence-corrected chi connectivity index (χ4v) is 2.95. The molecule has 0 aliphatic rings. The van der Waals surface area contributed by atoms with Gasteiger partial charge in [-0.25, -0.2) is 9.97 Å². The minimum absolute atomic E-state index is 0.0748. The highest BCUT2D eigenvalue weighted by molar-refractivity contribution is 9.10. The van der Waals surface area contributed by atoms with Crippen LogP contribution in [0.3, 0.4) is 0 Å². The molecule has 1 aromatic carbocycles. The van der Waals surface area contributed by atoms with Crippen molar-refractivity contribution in [3.63, 3.8) is 0 Å². The largest absolute Gasteiger partial charge is 0.497 e. The Balaban J connectivity index is 2.58. The van der Waals surface area contributed by atoms with Crippen molar-refractivity contribution in [3.05, 3.63) is 34.4 Å². The summed E-state index contributed by atoms with van der Waals surface area (Å²) in [6, 6.07) is 7.76. The lowest BCUT2D eigenvalue weighted by atomic mass is 9.91. The number of hydrogen-bond donors (Lipinski definition) is 1. The summed E-state index contributed by atoms with van der Waals surface area (Å²) in [5.41, 5.74) is 1.87. The Morgan fingerprint density at radius 2 is 1.71 bits per heavy atom. The van der Waals surface area contributed by atoms with Gasteiger partial charge in [0.2, 0.25) is 0 Å². The van der Waals surface area contributed by atoms with Crippen molar-refractivity contribution < 1.29 is 4.74 Å². The molecule has 0 amide bonds. The Labute approximate surface area is 134 Å². The smallest absolute Gasteiger partial charge is 0.161 e. The zero-order valence-electron chi connectivity index (χ0n) is 13.0. The number of rotatable bonds is 3. The van der Waals surface area contributed by atoms with Gasteiger partial charge in [0.05, 0.1) is 17.3 Å². The first-order valence-corrected chi connectivity index (χ1v) is 7.56. The molecule has 0 spiro atoms. The molecular formula is C16H20BrN3O. The summed E-state index contributed by atoms with van der Waals surface area (Å²) in [5.74, 6) is 2.32. The number of nitrogens with zero attached hydrogens (tertiary/aromatic N) is 2. The van der Waals surface area contributed by atoms with Crippen LogP contribution in [-0.4, -0.2) is 24.1 Å². The van der Waals surface area contributed by atoms with Crippen LogP contribution < -0.4 is 10.1 Å². The van der Waals surface area contributed by atoms with E-state index in [2.05, 4.69) is 47.0 Å². The van der Waals surface area contributed by atoms with Crippen LogP contribution in [0, 0.1) is 0 Å². The molecule has 5 heteroatoms. The van der Waals surface area contributed by atoms with Crippen molar-refractivity contribution in [1.29, 1.82) is 0 Å². The molecule has 0 atom stereocenters. The second-order valence-electron chi connectivity index (χ2n) is 5.79. The van der Waals surface area contributed by atoms with Crippen molar-refractivity contribution in [1.82, 2.24) is 9.97 Å². The Morgan fingerprint density at radius 1 is 1.10 bits per heavy atom. The average molecular weight is 350 g/mol. The van der Waals surface area contributed by atoms with Crippen LogP contribution in [0.4, 0.5) is 5.82 Å². The van der Waals surface area contributed by atoms with Gasteiger partial charge >= 0.3 is 0 Å². The van der Waals surface area contributed by atoms with Crippen LogP contribution in [0.2, 0.25) is 0 Å². The molecule has 4 nitrogen and oxygen atoms in total. The van der Waals surface area contributed by atoms with E-state index in [-0.39, 0.29) is 5.41 Å². The van der Waals surface area contributed by atoms with Crippen LogP contribution >= 0.6 is 15.9 Å². The highest BCUT2D eigenvalue weighted by Gasteiger charge is 2.23. The van der Waals surface area contributed by atoms with Gasteiger partial charge in [0.25, 0.3) is 0 Å². The van der Waals surface area contributed by atoms with Gasteiger partial charge in [-0.05, 0) is 40.2 Å². The molecule has 0 unspecified atom stereocenters. The third kappa shape index (κ3) is 3.35. The Bertz CT molecular complexity index is 633. The van der Waals surface area contributed by atoms with Crippen LogP contribution in [-0.2, 0) is 5.41 Å². The maximum atomic E-state index is 5.19. The molecule has 0 radical (unpaired) electrons. The lowest BCUT2D eigenvalue weighted by Crippen LogP contribution is -2.17. The van der Waals surface area contributed by atoms with E-state index in [4.69, 9.17) is 9.72 Å². The number of nitrogens with one attached hydrogen (secondary N) is 1. The van der Waals surface area contributed by atoms with Gasteiger partial charge < -0.3 is 10.1 Å². The van der Waals surface area contributed by atoms with E-state index in [0.717, 1.165) is 27.3 Å². The molecule has 112 valence electrons. The molecule has 1 heterocycles. The van der Waals surface area contributed by atoms with Gasteiger partial charge in [-0.1, -0.05) is 20.8 Å². The monoisotopic (exact) mass is 349 g/mol. The first kappa shape index (κ1) is 15.8. The molecule has 21 heavy (non-hydrogen) atoms. The van der Waals surface area contributed by atoms with Crippen LogP contribution in [0.5, 0.6) is 5.75 Å². The summed E-state index contributed by atoms with van der Waals surface area (Å²) in [5, 5.41) is 3.12. The standard InChI is InChI=1S/C16H20BrN3O/c1-16(2,3)13-12(17)15(18-4)20-14(19-13)10-6-8-11(21-5)9-7-10/h6-9H,1-5H3,(H,18,19,20). The van der Waals surface area contributed by atoms with Gasteiger partial charge in [-0.2, -0.15) is 0 Å². The normalized spacial score (nSPS) is 11.3. The van der Waals surface area contributed by atoms with Crippen LogP contribution in [0.1, 0.15) is 26.5 Å². The van der Waals surface area contributed by atoms with E-state index in [9.17, 15) is 0 Å². The summed E-state index contributed by atoms with van der Waals surface area (Å²) in [7, 11) is 3.51. The van der Waals surface area contributed by atoms with E-state index < -0.39 is 0 Å². The van der Waals surface area contributed by atoms with E-state index in [1.54, 1.807) is 7.11 Å². The maximum Gasteiger partial charge on any atom is 0.161 e. The molecule has 1 N–H and O–H groups in total. The number of methoxy groups -OCH3 is 1. The van der Waals surface area contributed by atoms with Crippen molar-refractivity contribution in [2.45, 2.75) is 26.2 Å². The fourth-order valence-electron chi connectivity index (χ4n) is 1.98. The molecule has 0 saturated heterocycles. The number of anilines is 1. The van der Waals surface area contributed by atoms with Crippen molar-refractivity contribution in [2.75, 3.05) is 19.5 Å². The molecule has 0 saturated carbocycles. The average Bonchev–Trinajstić information content (AvgIpc) is 2.46. The minimum atomic E-state index is -0.0748. The lowest BCUT2D eigenvalue weighted by molar-refractivity contribution is 0.415. The lowest BCUT2D eigenvalue weighted by Gasteiger charge is -2.21. The first-order valence-electron chi connectivity index (χ1n) is 6.77. The number of benzene rings is 1. The summed E-state index contributed by atoms with van der Waals surface area (Å²) >= 11 is 3.60. The van der Waals surface area contributed by atoms with E-state index in [1.165, 1.54) is 0 Å². The molecular weight excluding hydrogens is 330 g/mol. The van der Waals surface area contributed by atoms with Crippen molar-refractivity contribution in [2.24, 2.45) is 0 Å². The van der Waals surface area contributed by atoms with Crippen molar-refractivity contribution in [3.8, 4) is 17.1 Å². The Morgan fingerprint density at radius 3 is 2.19 bits per heavy atom. The fraction of sp³-hybridized carbons (Fsp3) is 0.375. The third-order valence-corrected chi connectivity index (χ3v) is 3.90. The van der Waals surface area contributed by atoms with Gasteiger partial charge in [-0.15, -0.1) is 0 Å². The Hall–Kier alpha value is -1.62. The molecule has 0 fully saturated rings. The molecule has 0 aliphatic carbocycles. The van der Waals surface area contributed by atoms with Gasteiger partial charge in [0.1, 0.15) is 11.6 Å². The molecule has 2 rings (SSSR count). The van der Waals surface area contributed by atoms with E-state index in [0.29, 0.717) is 5.82 Å². The third-order valence-electron chi connectivity index (χ3n) is 3.15. The number of ether oxygens (including phenoxy) is 1. The molecule has 1 aromatic heterocycles. The van der Waals surface area contributed by atoms with Gasteiger partial charge in [0, 0.05) is 18.0 Å². The SMILES string of the molecule is CNc1nc(-c2ccc(OC)cc2)nc(C(C)(C)C)c1Br.